The first-order chi connectivity index (χ1) is 7.08. The van der Waals surface area contributed by atoms with Gasteiger partial charge >= 0.3 is 0 Å². The standard InChI is InChI=1S/C10H9BrFNOS/c11-8-3-6(12)1-2-9(8)13-5-7(15)4-10(13)14/h1-3,7,15H,4-5H2. The van der Waals surface area contributed by atoms with Crippen molar-refractivity contribution in [3.05, 3.63) is 28.5 Å². The summed E-state index contributed by atoms with van der Waals surface area (Å²) < 4.78 is 13.5. The maximum atomic E-state index is 12.9. The van der Waals surface area contributed by atoms with Gasteiger partial charge in [0.15, 0.2) is 0 Å². The van der Waals surface area contributed by atoms with Gasteiger partial charge in [0.25, 0.3) is 0 Å². The van der Waals surface area contributed by atoms with Gasteiger partial charge in [0.2, 0.25) is 5.91 Å². The number of halogens is 2. The van der Waals surface area contributed by atoms with Crippen molar-refractivity contribution in [3.63, 3.8) is 0 Å². The minimum Gasteiger partial charge on any atom is -0.310 e. The number of thiol groups is 1. The molecule has 1 atom stereocenters. The lowest BCUT2D eigenvalue weighted by molar-refractivity contribution is -0.117. The van der Waals surface area contributed by atoms with E-state index in [1.807, 2.05) is 0 Å². The fourth-order valence-corrected chi connectivity index (χ4v) is 2.51. The molecule has 1 fully saturated rings. The molecule has 0 spiro atoms. The number of benzene rings is 1. The molecule has 1 aliphatic rings. The van der Waals surface area contributed by atoms with Gasteiger partial charge in [-0.15, -0.1) is 0 Å². The van der Waals surface area contributed by atoms with Crippen LogP contribution in [0.3, 0.4) is 0 Å². The highest BCUT2D eigenvalue weighted by atomic mass is 79.9. The fourth-order valence-electron chi connectivity index (χ4n) is 1.62. The van der Waals surface area contributed by atoms with Crippen LogP contribution in [0.25, 0.3) is 0 Å². The number of amides is 1. The Kier molecular flexibility index (Phi) is 3.02. The van der Waals surface area contributed by atoms with E-state index in [9.17, 15) is 9.18 Å². The summed E-state index contributed by atoms with van der Waals surface area (Å²) >= 11 is 7.51. The molecule has 80 valence electrons. The zero-order chi connectivity index (χ0) is 11.0. The van der Waals surface area contributed by atoms with E-state index in [2.05, 4.69) is 28.6 Å². The van der Waals surface area contributed by atoms with Crippen LogP contribution >= 0.6 is 28.6 Å². The molecule has 15 heavy (non-hydrogen) atoms. The molecular formula is C10H9BrFNOS. The zero-order valence-electron chi connectivity index (χ0n) is 7.78. The summed E-state index contributed by atoms with van der Waals surface area (Å²) in [5.74, 6) is -0.290. The Morgan fingerprint density at radius 1 is 1.53 bits per heavy atom. The highest BCUT2D eigenvalue weighted by Gasteiger charge is 2.29. The van der Waals surface area contributed by atoms with Gasteiger partial charge in [0.1, 0.15) is 5.82 Å². The first-order valence-electron chi connectivity index (χ1n) is 4.51. The zero-order valence-corrected chi connectivity index (χ0v) is 10.3. The number of nitrogens with zero attached hydrogens (tertiary/aromatic N) is 1. The Morgan fingerprint density at radius 2 is 2.27 bits per heavy atom. The van der Waals surface area contributed by atoms with Gasteiger partial charge in [-0.1, -0.05) is 0 Å². The van der Waals surface area contributed by atoms with Crippen LogP contribution in [0.4, 0.5) is 10.1 Å². The molecule has 5 heteroatoms. The summed E-state index contributed by atoms with van der Waals surface area (Å²) in [4.78, 5) is 13.2. The molecule has 1 saturated heterocycles. The van der Waals surface area contributed by atoms with E-state index in [0.717, 1.165) is 0 Å². The predicted molar refractivity (Wildman–Crippen MR) is 63.8 cm³/mol. The van der Waals surface area contributed by atoms with Gasteiger partial charge in [0, 0.05) is 22.7 Å². The number of carbonyl (C=O) groups is 1. The van der Waals surface area contributed by atoms with Crippen LogP contribution in [0, 0.1) is 5.82 Å². The van der Waals surface area contributed by atoms with Crippen LogP contribution in [-0.4, -0.2) is 17.7 Å². The van der Waals surface area contributed by atoms with Crippen molar-refractivity contribution < 1.29 is 9.18 Å². The average molecular weight is 290 g/mol. The quantitative estimate of drug-likeness (QED) is 0.788. The number of carbonyl (C=O) groups excluding carboxylic acids is 1. The summed E-state index contributed by atoms with van der Waals surface area (Å²) in [5, 5.41) is 0.0643. The van der Waals surface area contributed by atoms with Gasteiger partial charge in [0.05, 0.1) is 5.69 Å². The Bertz CT molecular complexity index is 412. The van der Waals surface area contributed by atoms with Crippen molar-refractivity contribution in [2.24, 2.45) is 0 Å². The van der Waals surface area contributed by atoms with Crippen molar-refractivity contribution in [1.29, 1.82) is 0 Å². The lowest BCUT2D eigenvalue weighted by Crippen LogP contribution is -2.24. The molecule has 1 amide bonds. The first kappa shape index (κ1) is 11.0. The van der Waals surface area contributed by atoms with Crippen molar-refractivity contribution in [1.82, 2.24) is 0 Å². The lowest BCUT2D eigenvalue weighted by atomic mass is 10.3. The molecule has 0 aromatic heterocycles. The number of hydrogen-bond acceptors (Lipinski definition) is 2. The molecule has 0 aliphatic carbocycles. The minimum absolute atomic E-state index is 0.0299. The average Bonchev–Trinajstić information content (AvgIpc) is 2.45. The van der Waals surface area contributed by atoms with Crippen LogP contribution in [0.5, 0.6) is 0 Å². The first-order valence-corrected chi connectivity index (χ1v) is 5.82. The van der Waals surface area contributed by atoms with Gasteiger partial charge < -0.3 is 4.90 Å². The van der Waals surface area contributed by atoms with E-state index in [4.69, 9.17) is 0 Å². The van der Waals surface area contributed by atoms with Gasteiger partial charge in [-0.25, -0.2) is 4.39 Å². The van der Waals surface area contributed by atoms with Crippen LogP contribution in [0.1, 0.15) is 6.42 Å². The highest BCUT2D eigenvalue weighted by molar-refractivity contribution is 9.10. The van der Waals surface area contributed by atoms with E-state index in [1.165, 1.54) is 12.1 Å². The molecule has 0 bridgehead atoms. The summed E-state index contributed by atoms with van der Waals surface area (Å²) in [5.41, 5.74) is 0.706. The van der Waals surface area contributed by atoms with E-state index in [0.29, 0.717) is 23.1 Å². The minimum atomic E-state index is -0.320. The molecule has 1 aromatic carbocycles. The van der Waals surface area contributed by atoms with Gasteiger partial charge in [-0.2, -0.15) is 12.6 Å². The van der Waals surface area contributed by atoms with Crippen LogP contribution in [0.15, 0.2) is 22.7 Å². The molecule has 1 aromatic rings. The Hall–Kier alpha value is -0.550. The normalized spacial score (nSPS) is 21.1. The summed E-state index contributed by atoms with van der Waals surface area (Å²) in [7, 11) is 0. The highest BCUT2D eigenvalue weighted by Crippen LogP contribution is 2.31. The summed E-state index contributed by atoms with van der Waals surface area (Å²) in [6.45, 7) is 0.576. The van der Waals surface area contributed by atoms with Crippen LogP contribution < -0.4 is 4.90 Å². The van der Waals surface area contributed by atoms with Gasteiger partial charge in [-0.3, -0.25) is 4.79 Å². The maximum Gasteiger partial charge on any atom is 0.228 e. The Labute approximate surface area is 101 Å². The largest absolute Gasteiger partial charge is 0.310 e. The number of rotatable bonds is 1. The third-order valence-electron chi connectivity index (χ3n) is 2.31. The third kappa shape index (κ3) is 2.18. The van der Waals surface area contributed by atoms with Crippen molar-refractivity contribution >= 4 is 40.2 Å². The van der Waals surface area contributed by atoms with Crippen molar-refractivity contribution in [2.75, 3.05) is 11.4 Å². The molecule has 0 saturated carbocycles. The van der Waals surface area contributed by atoms with E-state index < -0.39 is 0 Å². The van der Waals surface area contributed by atoms with E-state index in [-0.39, 0.29) is 17.0 Å². The van der Waals surface area contributed by atoms with E-state index in [1.54, 1.807) is 11.0 Å². The molecule has 0 N–H and O–H groups in total. The molecule has 0 radical (unpaired) electrons. The van der Waals surface area contributed by atoms with Crippen molar-refractivity contribution in [3.8, 4) is 0 Å². The predicted octanol–water partition coefficient (Wildman–Crippen LogP) is 2.62. The molecule has 1 unspecified atom stereocenters. The molecule has 2 rings (SSSR count). The summed E-state index contributed by atoms with van der Waals surface area (Å²) in [6, 6.07) is 4.30. The Morgan fingerprint density at radius 3 is 2.80 bits per heavy atom. The molecule has 1 aliphatic heterocycles. The fraction of sp³-hybridized carbons (Fsp3) is 0.300. The SMILES string of the molecule is O=C1CC(S)CN1c1ccc(F)cc1Br. The van der Waals surface area contributed by atoms with E-state index >= 15 is 0 Å². The second-order valence-corrected chi connectivity index (χ2v) is 5.04. The number of hydrogen-bond donors (Lipinski definition) is 1. The number of anilines is 1. The summed E-state index contributed by atoms with van der Waals surface area (Å²) in [6.07, 6.45) is 0.437. The maximum absolute atomic E-state index is 12.9. The van der Waals surface area contributed by atoms with Crippen molar-refractivity contribution in [2.45, 2.75) is 11.7 Å². The molecule has 1 heterocycles. The Balaban J connectivity index is 2.34. The van der Waals surface area contributed by atoms with Gasteiger partial charge in [-0.05, 0) is 34.1 Å². The van der Waals surface area contributed by atoms with Crippen LogP contribution in [0.2, 0.25) is 0 Å². The smallest absolute Gasteiger partial charge is 0.228 e. The third-order valence-corrected chi connectivity index (χ3v) is 3.29. The topological polar surface area (TPSA) is 20.3 Å². The second-order valence-electron chi connectivity index (χ2n) is 3.46. The monoisotopic (exact) mass is 289 g/mol. The van der Waals surface area contributed by atoms with Crippen LogP contribution in [-0.2, 0) is 4.79 Å². The molecule has 2 nitrogen and oxygen atoms in total. The lowest BCUT2D eigenvalue weighted by Gasteiger charge is -2.17. The second kappa shape index (κ2) is 4.14. The molecular weight excluding hydrogens is 281 g/mol.